The highest BCUT2D eigenvalue weighted by molar-refractivity contribution is 5.69. The minimum absolute atomic E-state index is 0.150. The zero-order valence-corrected chi connectivity index (χ0v) is 30.0. The first-order chi connectivity index (χ1) is 22.2. The van der Waals surface area contributed by atoms with Gasteiger partial charge in [-0.05, 0) is 64.2 Å². The molecule has 0 aromatic carbocycles. The molecule has 0 saturated heterocycles. The molecule has 264 valence electrons. The third-order valence-corrected chi connectivity index (χ3v) is 8.27. The van der Waals surface area contributed by atoms with Gasteiger partial charge in [0.25, 0.3) is 0 Å². The zero-order valence-electron chi connectivity index (χ0n) is 30.0. The third kappa shape index (κ3) is 38.5. The molecule has 0 fully saturated rings. The fourth-order valence-electron chi connectivity index (χ4n) is 5.36. The SMILES string of the molecule is CCCCCCCC/C=C\CCCCCCCC(=O)OCCOCCOC(=O)CCCCCCC/C=C\CCCCCCCC. The van der Waals surface area contributed by atoms with Crippen molar-refractivity contribution in [1.29, 1.82) is 0 Å². The van der Waals surface area contributed by atoms with Crippen LogP contribution in [-0.2, 0) is 23.8 Å². The molecule has 0 saturated carbocycles. The van der Waals surface area contributed by atoms with E-state index in [4.69, 9.17) is 14.2 Å². The Morgan fingerprint density at radius 1 is 0.378 bits per heavy atom. The quantitative estimate of drug-likeness (QED) is 0.0390. The van der Waals surface area contributed by atoms with E-state index in [1.807, 2.05) is 0 Å². The lowest BCUT2D eigenvalue weighted by molar-refractivity contribution is -0.146. The van der Waals surface area contributed by atoms with Crippen molar-refractivity contribution in [3.05, 3.63) is 24.3 Å². The minimum atomic E-state index is -0.150. The van der Waals surface area contributed by atoms with Crippen LogP contribution in [0.2, 0.25) is 0 Å². The van der Waals surface area contributed by atoms with Crippen LogP contribution in [0.1, 0.15) is 194 Å². The number of esters is 2. The fraction of sp³-hybridized carbons (Fsp3) is 0.850. The third-order valence-electron chi connectivity index (χ3n) is 8.27. The second-order valence-electron chi connectivity index (χ2n) is 12.7. The summed E-state index contributed by atoms with van der Waals surface area (Å²) >= 11 is 0. The van der Waals surface area contributed by atoms with Gasteiger partial charge in [-0.1, -0.05) is 141 Å². The average Bonchev–Trinajstić information content (AvgIpc) is 3.04. The molecule has 0 aliphatic carbocycles. The van der Waals surface area contributed by atoms with Gasteiger partial charge < -0.3 is 14.2 Å². The topological polar surface area (TPSA) is 61.8 Å². The number of hydrogen-bond acceptors (Lipinski definition) is 5. The number of unbranched alkanes of at least 4 members (excludes halogenated alkanes) is 22. The molecule has 0 amide bonds. The van der Waals surface area contributed by atoms with Gasteiger partial charge in [0, 0.05) is 12.8 Å². The Labute approximate surface area is 279 Å². The molecule has 0 radical (unpaired) electrons. The van der Waals surface area contributed by atoms with Crippen LogP contribution in [-0.4, -0.2) is 38.4 Å². The lowest BCUT2D eigenvalue weighted by atomic mass is 10.1. The number of hydrogen-bond donors (Lipinski definition) is 0. The second-order valence-corrected chi connectivity index (χ2v) is 12.7. The lowest BCUT2D eigenvalue weighted by Gasteiger charge is -2.07. The van der Waals surface area contributed by atoms with Crippen LogP contribution >= 0.6 is 0 Å². The predicted octanol–water partition coefficient (Wildman–Crippen LogP) is 12.2. The first-order valence-corrected chi connectivity index (χ1v) is 19.4. The maximum absolute atomic E-state index is 11.9. The number of carbonyl (C=O) groups excluding carboxylic acids is 2. The van der Waals surface area contributed by atoms with Gasteiger partial charge in [0.1, 0.15) is 13.2 Å². The first kappa shape index (κ1) is 43.4. The van der Waals surface area contributed by atoms with Crippen molar-refractivity contribution < 1.29 is 23.8 Å². The van der Waals surface area contributed by atoms with Crippen LogP contribution in [0.4, 0.5) is 0 Å². The van der Waals surface area contributed by atoms with Gasteiger partial charge in [-0.25, -0.2) is 0 Å². The summed E-state index contributed by atoms with van der Waals surface area (Å²) in [7, 11) is 0. The Morgan fingerprint density at radius 3 is 1.00 bits per heavy atom. The van der Waals surface area contributed by atoms with E-state index in [1.165, 1.54) is 141 Å². The predicted molar refractivity (Wildman–Crippen MR) is 192 cm³/mol. The van der Waals surface area contributed by atoms with E-state index in [-0.39, 0.29) is 25.2 Å². The monoisotopic (exact) mass is 635 g/mol. The van der Waals surface area contributed by atoms with Crippen LogP contribution in [0.15, 0.2) is 24.3 Å². The highest BCUT2D eigenvalue weighted by atomic mass is 16.6. The number of ether oxygens (including phenoxy) is 3. The number of carbonyl (C=O) groups is 2. The van der Waals surface area contributed by atoms with Gasteiger partial charge in [0.15, 0.2) is 0 Å². The van der Waals surface area contributed by atoms with Crippen molar-refractivity contribution >= 4 is 11.9 Å². The van der Waals surface area contributed by atoms with Gasteiger partial charge in [-0.2, -0.15) is 0 Å². The fourth-order valence-corrected chi connectivity index (χ4v) is 5.36. The van der Waals surface area contributed by atoms with E-state index in [2.05, 4.69) is 38.2 Å². The van der Waals surface area contributed by atoms with E-state index in [9.17, 15) is 9.59 Å². The standard InChI is InChI=1S/C40H74O5/c1-3-5-7-9-11-13-15-17-19-21-23-25-27-29-31-33-39(41)44-37-35-43-36-38-45-40(42)34-32-30-28-26-24-22-20-18-16-14-12-10-8-6-4-2/h17-20H,3-16,21-38H2,1-2H3/b19-17-,20-18-. The summed E-state index contributed by atoms with van der Waals surface area (Å²) in [6.45, 7) is 5.72. The van der Waals surface area contributed by atoms with Crippen LogP contribution in [0.5, 0.6) is 0 Å². The van der Waals surface area contributed by atoms with Gasteiger partial charge in [-0.3, -0.25) is 9.59 Å². The molecule has 0 aromatic heterocycles. The molecule has 0 aliphatic rings. The second kappa shape index (κ2) is 38.6. The molecule has 0 atom stereocenters. The van der Waals surface area contributed by atoms with Crippen molar-refractivity contribution in [1.82, 2.24) is 0 Å². The molecule has 0 bridgehead atoms. The van der Waals surface area contributed by atoms with Crippen LogP contribution in [0.3, 0.4) is 0 Å². The van der Waals surface area contributed by atoms with Crippen LogP contribution in [0, 0.1) is 0 Å². The van der Waals surface area contributed by atoms with Crippen molar-refractivity contribution in [2.75, 3.05) is 26.4 Å². The van der Waals surface area contributed by atoms with Crippen molar-refractivity contribution in [2.24, 2.45) is 0 Å². The van der Waals surface area contributed by atoms with Crippen molar-refractivity contribution in [3.8, 4) is 0 Å². The molecule has 5 nitrogen and oxygen atoms in total. The molecule has 0 N–H and O–H groups in total. The van der Waals surface area contributed by atoms with Crippen molar-refractivity contribution in [2.45, 2.75) is 194 Å². The van der Waals surface area contributed by atoms with Crippen LogP contribution < -0.4 is 0 Å². The van der Waals surface area contributed by atoms with Gasteiger partial charge in [-0.15, -0.1) is 0 Å². The Hall–Kier alpha value is -1.62. The van der Waals surface area contributed by atoms with E-state index < -0.39 is 0 Å². The lowest BCUT2D eigenvalue weighted by Crippen LogP contribution is -2.14. The Kier molecular flexibility index (Phi) is 37.2. The summed E-state index contributed by atoms with van der Waals surface area (Å²) < 4.78 is 15.9. The maximum Gasteiger partial charge on any atom is 0.305 e. The normalized spacial score (nSPS) is 11.6. The Balaban J connectivity index is 3.31. The van der Waals surface area contributed by atoms with Crippen molar-refractivity contribution in [3.63, 3.8) is 0 Å². The highest BCUT2D eigenvalue weighted by Gasteiger charge is 2.04. The number of allylic oxidation sites excluding steroid dienone is 4. The smallest absolute Gasteiger partial charge is 0.305 e. The average molecular weight is 635 g/mol. The Bertz CT molecular complexity index is 616. The summed E-state index contributed by atoms with van der Waals surface area (Å²) in [6, 6.07) is 0. The Morgan fingerprint density at radius 2 is 0.667 bits per heavy atom. The first-order valence-electron chi connectivity index (χ1n) is 19.4. The molecular formula is C40H74O5. The molecule has 0 unspecified atom stereocenters. The molecule has 0 heterocycles. The molecule has 0 rings (SSSR count). The summed E-state index contributed by atoms with van der Waals surface area (Å²) in [5, 5.41) is 0. The molecular weight excluding hydrogens is 560 g/mol. The molecule has 0 aliphatic heterocycles. The molecule has 0 aromatic rings. The molecule has 45 heavy (non-hydrogen) atoms. The zero-order chi connectivity index (χ0) is 32.7. The molecule has 0 spiro atoms. The van der Waals surface area contributed by atoms with Crippen LogP contribution in [0.25, 0.3) is 0 Å². The largest absolute Gasteiger partial charge is 0.463 e. The van der Waals surface area contributed by atoms with E-state index >= 15 is 0 Å². The van der Waals surface area contributed by atoms with Gasteiger partial charge in [0.05, 0.1) is 13.2 Å². The summed E-state index contributed by atoms with van der Waals surface area (Å²) in [6.07, 6.45) is 42.7. The maximum atomic E-state index is 11.9. The van der Waals surface area contributed by atoms with E-state index in [1.54, 1.807) is 0 Å². The summed E-state index contributed by atoms with van der Waals surface area (Å²) in [5.74, 6) is -0.301. The van der Waals surface area contributed by atoms with Gasteiger partial charge in [0.2, 0.25) is 0 Å². The van der Waals surface area contributed by atoms with E-state index in [0.29, 0.717) is 26.1 Å². The molecule has 5 heteroatoms. The summed E-state index contributed by atoms with van der Waals surface area (Å²) in [5.41, 5.74) is 0. The number of rotatable bonds is 36. The summed E-state index contributed by atoms with van der Waals surface area (Å²) in [4.78, 5) is 23.8. The van der Waals surface area contributed by atoms with E-state index in [0.717, 1.165) is 25.7 Å². The highest BCUT2D eigenvalue weighted by Crippen LogP contribution is 2.12. The van der Waals surface area contributed by atoms with Gasteiger partial charge >= 0.3 is 11.9 Å². The minimum Gasteiger partial charge on any atom is -0.463 e.